The second-order valence-corrected chi connectivity index (χ2v) is 6.56. The fraction of sp³-hybridized carbons (Fsp3) is 0.812. The number of aliphatic hydroxyl groups is 1. The molecule has 0 bridgehead atoms. The van der Waals surface area contributed by atoms with Gasteiger partial charge in [0.15, 0.2) is 0 Å². The first-order valence-corrected chi connectivity index (χ1v) is 8.01. The minimum atomic E-state index is -0.417. The van der Waals surface area contributed by atoms with Gasteiger partial charge >= 0.3 is 0 Å². The van der Waals surface area contributed by atoms with E-state index < -0.39 is 6.10 Å². The Morgan fingerprint density at radius 3 is 2.52 bits per heavy atom. The summed E-state index contributed by atoms with van der Waals surface area (Å²) in [5.41, 5.74) is 0. The van der Waals surface area contributed by atoms with Gasteiger partial charge in [-0.05, 0) is 52.9 Å². The Hall–Kier alpha value is -0.910. The van der Waals surface area contributed by atoms with Crippen LogP contribution in [0.5, 0.6) is 0 Å². The van der Waals surface area contributed by atoms with Crippen LogP contribution in [0.3, 0.4) is 0 Å². The van der Waals surface area contributed by atoms with Crippen molar-refractivity contribution in [3.63, 3.8) is 0 Å². The molecule has 0 aromatic carbocycles. The number of carbonyl (C=O) groups is 1. The summed E-state index contributed by atoms with van der Waals surface area (Å²) in [6.07, 6.45) is 7.43. The predicted octanol–water partition coefficient (Wildman–Crippen LogP) is 0.550. The van der Waals surface area contributed by atoms with Crippen LogP contribution >= 0.6 is 0 Å². The van der Waals surface area contributed by atoms with Crippen LogP contribution < -0.4 is 0 Å². The maximum Gasteiger partial charge on any atom is 0.246 e. The van der Waals surface area contributed by atoms with Crippen molar-refractivity contribution < 1.29 is 9.90 Å². The maximum atomic E-state index is 12.2. The van der Waals surface area contributed by atoms with E-state index in [1.54, 1.807) is 11.0 Å². The summed E-state index contributed by atoms with van der Waals surface area (Å²) in [6.45, 7) is 2.94. The van der Waals surface area contributed by atoms with Gasteiger partial charge < -0.3 is 14.9 Å². The number of nitrogens with zero attached hydrogens (tertiary/aromatic N) is 3. The highest BCUT2D eigenvalue weighted by molar-refractivity contribution is 5.87. The fourth-order valence-corrected chi connectivity index (χ4v) is 3.48. The summed E-state index contributed by atoms with van der Waals surface area (Å²) in [5.74, 6) is -0.0111. The summed E-state index contributed by atoms with van der Waals surface area (Å²) in [4.78, 5) is 18.3. The number of aliphatic hydroxyl groups excluding tert-OH is 1. The molecule has 0 spiro atoms. The van der Waals surface area contributed by atoms with Gasteiger partial charge in [-0.25, -0.2) is 0 Å². The van der Waals surface area contributed by atoms with Crippen LogP contribution in [0.4, 0.5) is 0 Å². The van der Waals surface area contributed by atoms with E-state index in [0.29, 0.717) is 0 Å². The van der Waals surface area contributed by atoms with Crippen molar-refractivity contribution in [2.75, 3.05) is 40.8 Å². The third kappa shape index (κ3) is 4.05. The highest BCUT2D eigenvalue weighted by Gasteiger charge is 2.41. The van der Waals surface area contributed by atoms with Crippen molar-refractivity contribution >= 4 is 5.91 Å². The number of likely N-dealkylation sites (N-methyl/N-ethyl adjacent to an activating group) is 2. The zero-order chi connectivity index (χ0) is 15.4. The van der Waals surface area contributed by atoms with Crippen LogP contribution in [-0.2, 0) is 4.79 Å². The maximum absolute atomic E-state index is 12.2. The molecule has 0 aromatic rings. The first-order chi connectivity index (χ1) is 10.0. The minimum Gasteiger partial charge on any atom is -0.389 e. The lowest BCUT2D eigenvalue weighted by Crippen LogP contribution is -2.48. The van der Waals surface area contributed by atoms with E-state index in [4.69, 9.17) is 0 Å². The molecule has 1 aliphatic heterocycles. The fourth-order valence-electron chi connectivity index (χ4n) is 3.48. The van der Waals surface area contributed by atoms with E-state index in [1.165, 1.54) is 12.8 Å². The smallest absolute Gasteiger partial charge is 0.246 e. The molecule has 1 heterocycles. The predicted molar refractivity (Wildman–Crippen MR) is 84.1 cm³/mol. The number of amides is 1. The molecule has 1 aliphatic carbocycles. The Labute approximate surface area is 128 Å². The lowest BCUT2D eigenvalue weighted by molar-refractivity contribution is -0.128. The van der Waals surface area contributed by atoms with Crippen LogP contribution in [0.15, 0.2) is 12.2 Å². The van der Waals surface area contributed by atoms with Crippen LogP contribution in [0.25, 0.3) is 0 Å². The molecule has 2 aliphatic rings. The summed E-state index contributed by atoms with van der Waals surface area (Å²) < 4.78 is 0. The average Bonchev–Trinajstić information content (AvgIpc) is 3.06. The third-order valence-corrected chi connectivity index (χ3v) is 4.73. The molecule has 5 nitrogen and oxygen atoms in total. The topological polar surface area (TPSA) is 47.0 Å². The first kappa shape index (κ1) is 16.5. The van der Waals surface area contributed by atoms with Crippen LogP contribution in [0.1, 0.15) is 25.7 Å². The highest BCUT2D eigenvalue weighted by atomic mass is 16.3. The van der Waals surface area contributed by atoms with Crippen molar-refractivity contribution in [1.29, 1.82) is 0 Å². The molecule has 1 saturated carbocycles. The summed E-state index contributed by atoms with van der Waals surface area (Å²) in [5, 5.41) is 10.6. The molecule has 0 unspecified atom stereocenters. The summed E-state index contributed by atoms with van der Waals surface area (Å²) in [7, 11) is 5.75. The van der Waals surface area contributed by atoms with Gasteiger partial charge in [-0.3, -0.25) is 9.69 Å². The number of carbonyl (C=O) groups excluding carboxylic acids is 1. The van der Waals surface area contributed by atoms with E-state index in [0.717, 1.165) is 32.5 Å². The summed E-state index contributed by atoms with van der Waals surface area (Å²) >= 11 is 0. The Kier molecular flexibility index (Phi) is 5.79. The molecule has 0 radical (unpaired) electrons. The normalized spacial score (nSPS) is 30.6. The lowest BCUT2D eigenvalue weighted by atomic mass is 10.1. The molecule has 2 fully saturated rings. The van der Waals surface area contributed by atoms with E-state index >= 15 is 0 Å². The average molecular weight is 295 g/mol. The summed E-state index contributed by atoms with van der Waals surface area (Å²) in [6, 6.07) is 0.186. The van der Waals surface area contributed by atoms with E-state index in [1.807, 2.05) is 32.1 Å². The van der Waals surface area contributed by atoms with Crippen molar-refractivity contribution in [3.8, 4) is 0 Å². The molecular formula is C16H29N3O2. The van der Waals surface area contributed by atoms with Gasteiger partial charge in [0.25, 0.3) is 0 Å². The molecule has 5 heteroatoms. The number of hydrogen-bond donors (Lipinski definition) is 1. The Morgan fingerprint density at radius 1 is 1.24 bits per heavy atom. The Balaban J connectivity index is 1.89. The second kappa shape index (κ2) is 7.38. The molecule has 1 N–H and O–H groups in total. The van der Waals surface area contributed by atoms with E-state index in [9.17, 15) is 9.90 Å². The Bertz CT molecular complexity index is 378. The van der Waals surface area contributed by atoms with Crippen LogP contribution in [0.2, 0.25) is 0 Å². The molecule has 0 aromatic heterocycles. The zero-order valence-corrected chi connectivity index (χ0v) is 13.5. The van der Waals surface area contributed by atoms with Crippen molar-refractivity contribution in [1.82, 2.24) is 14.7 Å². The molecule has 1 amide bonds. The SMILES string of the molecule is CN(C)C/C=C/C(=O)N(C)[C@@H]1CC[C@@H](N2CCCC2)[C@@H]1O. The van der Waals surface area contributed by atoms with Gasteiger partial charge in [0.2, 0.25) is 5.91 Å². The molecule has 2 rings (SSSR count). The number of rotatable bonds is 5. The molecule has 3 atom stereocenters. The van der Waals surface area contributed by atoms with Crippen molar-refractivity contribution in [2.45, 2.75) is 43.9 Å². The molecular weight excluding hydrogens is 266 g/mol. The molecule has 1 saturated heterocycles. The van der Waals surface area contributed by atoms with Crippen molar-refractivity contribution in [3.05, 3.63) is 12.2 Å². The van der Waals surface area contributed by atoms with Gasteiger partial charge in [-0.2, -0.15) is 0 Å². The quantitative estimate of drug-likeness (QED) is 0.753. The molecule has 120 valence electrons. The Morgan fingerprint density at radius 2 is 1.90 bits per heavy atom. The number of hydrogen-bond acceptors (Lipinski definition) is 4. The van der Waals surface area contributed by atoms with E-state index in [2.05, 4.69) is 4.90 Å². The van der Waals surface area contributed by atoms with Gasteiger partial charge in [0.1, 0.15) is 0 Å². The van der Waals surface area contributed by atoms with Crippen LogP contribution in [-0.4, -0.2) is 84.7 Å². The highest BCUT2D eigenvalue weighted by Crippen LogP contribution is 2.30. The van der Waals surface area contributed by atoms with Gasteiger partial charge in [-0.1, -0.05) is 6.08 Å². The van der Waals surface area contributed by atoms with Crippen LogP contribution in [0, 0.1) is 0 Å². The van der Waals surface area contributed by atoms with Crippen molar-refractivity contribution in [2.24, 2.45) is 0 Å². The molecule has 21 heavy (non-hydrogen) atoms. The van der Waals surface area contributed by atoms with Gasteiger partial charge in [-0.15, -0.1) is 0 Å². The number of likely N-dealkylation sites (tertiary alicyclic amines) is 1. The first-order valence-electron chi connectivity index (χ1n) is 8.01. The lowest BCUT2D eigenvalue weighted by Gasteiger charge is -2.31. The van der Waals surface area contributed by atoms with Gasteiger partial charge in [0, 0.05) is 25.7 Å². The largest absolute Gasteiger partial charge is 0.389 e. The minimum absolute atomic E-state index is 0.0111. The second-order valence-electron chi connectivity index (χ2n) is 6.56. The zero-order valence-electron chi connectivity index (χ0n) is 13.5. The third-order valence-electron chi connectivity index (χ3n) is 4.73. The standard InChI is InChI=1S/C16H29N3O2/c1-17(2)10-6-7-15(20)18(3)13-8-9-14(16(13)21)19-11-4-5-12-19/h6-7,13-14,16,21H,4-5,8-12H2,1-3H3/b7-6+/t13-,14-,16-/m1/s1. The van der Waals surface area contributed by atoms with Gasteiger partial charge in [0.05, 0.1) is 12.1 Å². The monoisotopic (exact) mass is 295 g/mol. The van der Waals surface area contributed by atoms with E-state index in [-0.39, 0.29) is 18.0 Å².